The summed E-state index contributed by atoms with van der Waals surface area (Å²) in [6.07, 6.45) is 0. The number of rotatable bonds is 8. The maximum Gasteiger partial charge on any atom is 0.221 e. The molecule has 0 spiro atoms. The van der Waals surface area contributed by atoms with Gasteiger partial charge in [-0.3, -0.25) is 9.69 Å². The number of nitrogens with zero attached hydrogens (tertiary/aromatic N) is 3. The zero-order valence-corrected chi connectivity index (χ0v) is 18.6. The Labute approximate surface area is 184 Å². The molecule has 0 saturated heterocycles. The van der Waals surface area contributed by atoms with Gasteiger partial charge >= 0.3 is 0 Å². The molecule has 0 unspecified atom stereocenters. The fourth-order valence-corrected chi connectivity index (χ4v) is 3.97. The van der Waals surface area contributed by atoms with Crippen LogP contribution in [0.1, 0.15) is 19.4 Å². The number of hydrogen-bond donors (Lipinski definition) is 2. The van der Waals surface area contributed by atoms with E-state index in [-0.39, 0.29) is 5.91 Å². The van der Waals surface area contributed by atoms with Crippen molar-refractivity contribution < 1.29 is 4.79 Å². The molecule has 0 fully saturated rings. The summed E-state index contributed by atoms with van der Waals surface area (Å²) in [6, 6.07) is 15.3. The molecular weight excluding hydrogens is 426 g/mol. The second-order valence-electron chi connectivity index (χ2n) is 6.44. The zero-order valence-electron chi connectivity index (χ0n) is 16.2. The molecule has 3 aromatic rings. The monoisotopic (exact) mass is 447 g/mol. The van der Waals surface area contributed by atoms with Crippen molar-refractivity contribution in [3.05, 3.63) is 63.1 Å². The molecule has 1 amide bonds. The van der Waals surface area contributed by atoms with Crippen LogP contribution in [0.4, 0.5) is 16.5 Å². The van der Waals surface area contributed by atoms with Crippen LogP contribution in [0.3, 0.4) is 0 Å². The predicted octanol–water partition coefficient (Wildman–Crippen LogP) is 5.51. The number of amides is 1. The SMILES string of the molecule is CCN(Cc1ccccc1Cl)Cn1nc(Nc2cccc(NC(C)=O)c2)sc1=S. The minimum Gasteiger partial charge on any atom is -0.330 e. The van der Waals surface area contributed by atoms with Gasteiger partial charge in [-0.25, -0.2) is 4.68 Å². The Balaban J connectivity index is 1.70. The minimum absolute atomic E-state index is 0.111. The third-order valence-corrected chi connectivity index (χ3v) is 5.77. The van der Waals surface area contributed by atoms with E-state index in [1.807, 2.05) is 48.5 Å². The number of halogens is 1. The van der Waals surface area contributed by atoms with Crippen LogP contribution in [-0.4, -0.2) is 27.1 Å². The maximum absolute atomic E-state index is 11.2. The molecule has 152 valence electrons. The normalized spacial score (nSPS) is 10.9. The van der Waals surface area contributed by atoms with Gasteiger partial charge in [0.05, 0.1) is 6.67 Å². The summed E-state index contributed by atoms with van der Waals surface area (Å²) in [5.74, 6) is -0.111. The lowest BCUT2D eigenvalue weighted by molar-refractivity contribution is -0.114. The Bertz CT molecular complexity index is 1050. The molecular formula is C20H22ClN5OS2. The second-order valence-corrected chi connectivity index (χ2v) is 8.47. The quantitative estimate of drug-likeness (QED) is 0.446. The number of nitrogens with one attached hydrogen (secondary N) is 2. The van der Waals surface area contributed by atoms with E-state index in [2.05, 4.69) is 27.6 Å². The first-order valence-corrected chi connectivity index (χ1v) is 10.7. The summed E-state index contributed by atoms with van der Waals surface area (Å²) in [5, 5.41) is 12.1. The first-order valence-electron chi connectivity index (χ1n) is 9.13. The van der Waals surface area contributed by atoms with Crippen molar-refractivity contribution in [2.75, 3.05) is 17.2 Å². The van der Waals surface area contributed by atoms with Crippen molar-refractivity contribution in [1.29, 1.82) is 0 Å². The van der Waals surface area contributed by atoms with Crippen molar-refractivity contribution in [2.45, 2.75) is 27.1 Å². The van der Waals surface area contributed by atoms with Gasteiger partial charge in [-0.1, -0.05) is 54.1 Å². The van der Waals surface area contributed by atoms with Crippen LogP contribution in [-0.2, 0) is 18.0 Å². The number of hydrogen-bond acceptors (Lipinski definition) is 6. The number of carbonyl (C=O) groups excluding carboxylic acids is 1. The van der Waals surface area contributed by atoms with Gasteiger partial charge in [0.1, 0.15) is 0 Å². The van der Waals surface area contributed by atoms with Gasteiger partial charge in [0.15, 0.2) is 3.95 Å². The fraction of sp³-hybridized carbons (Fsp3) is 0.250. The van der Waals surface area contributed by atoms with Crippen molar-refractivity contribution in [3.8, 4) is 0 Å². The molecule has 0 bridgehead atoms. The van der Waals surface area contributed by atoms with Gasteiger partial charge in [-0.15, -0.1) is 5.10 Å². The summed E-state index contributed by atoms with van der Waals surface area (Å²) >= 11 is 13.2. The molecule has 0 atom stereocenters. The van der Waals surface area contributed by atoms with E-state index in [9.17, 15) is 4.79 Å². The summed E-state index contributed by atoms with van der Waals surface area (Å²) in [5.41, 5.74) is 2.63. The molecule has 9 heteroatoms. The summed E-state index contributed by atoms with van der Waals surface area (Å²) in [6.45, 7) is 5.71. The lowest BCUT2D eigenvalue weighted by Gasteiger charge is -2.20. The van der Waals surface area contributed by atoms with E-state index >= 15 is 0 Å². The standard InChI is InChI=1S/C20H22ClN5OS2/c1-3-25(12-15-7-4-5-10-18(15)21)13-26-20(28)29-19(24-26)23-17-9-6-8-16(11-17)22-14(2)27/h4-11H,3,12-13H2,1-2H3,(H,22,27)(H,23,24). The van der Waals surface area contributed by atoms with Crippen molar-refractivity contribution in [1.82, 2.24) is 14.7 Å². The van der Waals surface area contributed by atoms with Gasteiger partial charge < -0.3 is 10.6 Å². The van der Waals surface area contributed by atoms with Gasteiger partial charge in [0.2, 0.25) is 11.0 Å². The molecule has 1 aromatic heterocycles. The van der Waals surface area contributed by atoms with E-state index in [0.717, 1.165) is 35.1 Å². The zero-order chi connectivity index (χ0) is 20.8. The summed E-state index contributed by atoms with van der Waals surface area (Å²) < 4.78 is 2.49. The summed E-state index contributed by atoms with van der Waals surface area (Å²) in [7, 11) is 0. The third-order valence-electron chi connectivity index (χ3n) is 4.17. The average molecular weight is 448 g/mol. The first-order chi connectivity index (χ1) is 13.9. The first kappa shape index (κ1) is 21.4. The van der Waals surface area contributed by atoms with Gasteiger partial charge in [0, 0.05) is 29.9 Å². The van der Waals surface area contributed by atoms with E-state index in [1.165, 1.54) is 18.3 Å². The Kier molecular flexibility index (Phi) is 7.38. The van der Waals surface area contributed by atoms with Crippen LogP contribution in [0.5, 0.6) is 0 Å². The van der Waals surface area contributed by atoms with E-state index in [4.69, 9.17) is 23.8 Å². The molecule has 0 radical (unpaired) electrons. The van der Waals surface area contributed by atoms with Crippen LogP contribution in [0.25, 0.3) is 0 Å². The maximum atomic E-state index is 11.2. The number of benzene rings is 2. The Morgan fingerprint density at radius 3 is 2.72 bits per heavy atom. The lowest BCUT2D eigenvalue weighted by atomic mass is 10.2. The highest BCUT2D eigenvalue weighted by molar-refractivity contribution is 7.73. The highest BCUT2D eigenvalue weighted by atomic mass is 35.5. The van der Waals surface area contributed by atoms with E-state index in [1.54, 1.807) is 4.68 Å². The molecule has 3 rings (SSSR count). The smallest absolute Gasteiger partial charge is 0.221 e. The van der Waals surface area contributed by atoms with E-state index < -0.39 is 0 Å². The van der Waals surface area contributed by atoms with E-state index in [0.29, 0.717) is 15.8 Å². The number of carbonyl (C=O) groups is 1. The average Bonchev–Trinajstić information content (AvgIpc) is 3.01. The topological polar surface area (TPSA) is 62.2 Å². The molecule has 29 heavy (non-hydrogen) atoms. The molecule has 2 N–H and O–H groups in total. The van der Waals surface area contributed by atoms with Crippen molar-refractivity contribution >= 4 is 57.6 Å². The molecule has 0 saturated carbocycles. The molecule has 0 aliphatic rings. The Hall–Kier alpha value is -2.26. The van der Waals surface area contributed by atoms with Gasteiger partial charge in [-0.05, 0) is 48.6 Å². The highest BCUT2D eigenvalue weighted by Crippen LogP contribution is 2.23. The molecule has 2 aromatic carbocycles. The van der Waals surface area contributed by atoms with Crippen LogP contribution < -0.4 is 10.6 Å². The van der Waals surface area contributed by atoms with Crippen LogP contribution in [0.2, 0.25) is 5.02 Å². The lowest BCUT2D eigenvalue weighted by Crippen LogP contribution is -2.26. The largest absolute Gasteiger partial charge is 0.330 e. The molecule has 1 heterocycles. The van der Waals surface area contributed by atoms with Crippen LogP contribution >= 0.6 is 35.2 Å². The van der Waals surface area contributed by atoms with Crippen molar-refractivity contribution in [3.63, 3.8) is 0 Å². The van der Waals surface area contributed by atoms with Gasteiger partial charge in [0.25, 0.3) is 0 Å². The second kappa shape index (κ2) is 9.98. The van der Waals surface area contributed by atoms with Crippen molar-refractivity contribution in [2.24, 2.45) is 0 Å². The highest BCUT2D eigenvalue weighted by Gasteiger charge is 2.11. The molecule has 0 aliphatic heterocycles. The number of anilines is 3. The summed E-state index contributed by atoms with van der Waals surface area (Å²) in [4.78, 5) is 13.5. The van der Waals surface area contributed by atoms with Gasteiger partial charge in [-0.2, -0.15) is 0 Å². The third kappa shape index (κ3) is 6.11. The van der Waals surface area contributed by atoms with Crippen LogP contribution in [0.15, 0.2) is 48.5 Å². The Morgan fingerprint density at radius 2 is 2.00 bits per heavy atom. The predicted molar refractivity (Wildman–Crippen MR) is 123 cm³/mol. The minimum atomic E-state index is -0.111. The molecule has 6 nitrogen and oxygen atoms in total. The van der Waals surface area contributed by atoms with Crippen LogP contribution in [0, 0.1) is 3.95 Å². The Morgan fingerprint density at radius 1 is 1.24 bits per heavy atom. The molecule has 0 aliphatic carbocycles. The number of aromatic nitrogens is 2. The fourth-order valence-electron chi connectivity index (χ4n) is 2.77.